The number of hydrogen-bond donors (Lipinski definition) is 0. The summed E-state index contributed by atoms with van der Waals surface area (Å²) in [5.74, 6) is 0.696. The summed E-state index contributed by atoms with van der Waals surface area (Å²) in [7, 11) is 0. The Hall–Kier alpha value is -8.20. The van der Waals surface area contributed by atoms with Crippen LogP contribution in [0.1, 0.15) is 22.3 Å². The molecule has 294 valence electrons. The molecule has 1 aromatic heterocycles. The molecular weight excluding hydrogens is 761 g/mol. The molecule has 2 nitrogen and oxygen atoms in total. The second-order valence-electron chi connectivity index (χ2n) is 16.4. The first-order chi connectivity index (χ1) is 31.2. The Labute approximate surface area is 367 Å². The van der Waals surface area contributed by atoms with Crippen LogP contribution in [0, 0.1) is 0 Å². The van der Waals surface area contributed by atoms with Gasteiger partial charge in [-0.3, -0.25) is 0 Å². The summed E-state index contributed by atoms with van der Waals surface area (Å²) in [6.45, 7) is 0. The molecule has 0 N–H and O–H groups in total. The number of nitrogens with zero attached hydrogens (tertiary/aromatic N) is 2. The zero-order valence-electron chi connectivity index (χ0n) is 34.5. The number of hydrogen-bond acceptors (Lipinski definition) is 2. The zero-order chi connectivity index (χ0) is 41.7. The molecule has 1 aliphatic carbocycles. The summed E-state index contributed by atoms with van der Waals surface area (Å²) in [5, 5.41) is 4.74. The molecule has 10 aromatic carbocycles. The monoisotopic (exact) mass is 800 g/mol. The third-order valence-electron chi connectivity index (χ3n) is 13.0. The number of fused-ring (bicyclic) bond motifs is 5. The second kappa shape index (κ2) is 15.1. The quantitative estimate of drug-likeness (QED) is 0.160. The molecular formula is C61H40N2. The van der Waals surface area contributed by atoms with E-state index in [4.69, 9.17) is 9.97 Å². The first-order valence-electron chi connectivity index (χ1n) is 21.6. The van der Waals surface area contributed by atoms with Crippen molar-refractivity contribution >= 4 is 21.5 Å². The Morgan fingerprint density at radius 3 is 1.35 bits per heavy atom. The molecule has 0 amide bonds. The third-order valence-corrected chi connectivity index (χ3v) is 13.0. The van der Waals surface area contributed by atoms with E-state index in [1.165, 1.54) is 66.4 Å². The van der Waals surface area contributed by atoms with Gasteiger partial charge in [0.05, 0.1) is 16.8 Å². The Morgan fingerprint density at radius 2 is 0.730 bits per heavy atom. The van der Waals surface area contributed by atoms with Crippen molar-refractivity contribution < 1.29 is 0 Å². The number of aromatic nitrogens is 2. The maximum Gasteiger partial charge on any atom is 0.161 e. The number of rotatable bonds is 7. The highest BCUT2D eigenvalue weighted by Crippen LogP contribution is 2.60. The van der Waals surface area contributed by atoms with Crippen LogP contribution in [0.3, 0.4) is 0 Å². The van der Waals surface area contributed by atoms with Gasteiger partial charge >= 0.3 is 0 Å². The van der Waals surface area contributed by atoms with E-state index in [-0.39, 0.29) is 0 Å². The highest BCUT2D eigenvalue weighted by molar-refractivity contribution is 6.07. The van der Waals surface area contributed by atoms with Gasteiger partial charge in [0.25, 0.3) is 0 Å². The van der Waals surface area contributed by atoms with Gasteiger partial charge in [-0.1, -0.05) is 218 Å². The largest absolute Gasteiger partial charge is 0.228 e. The van der Waals surface area contributed by atoms with Crippen LogP contribution in [0.5, 0.6) is 0 Å². The Balaban J connectivity index is 1.09. The molecule has 0 saturated carbocycles. The van der Waals surface area contributed by atoms with Gasteiger partial charge in [0.2, 0.25) is 0 Å². The van der Waals surface area contributed by atoms with Crippen molar-refractivity contribution in [3.05, 3.63) is 265 Å². The van der Waals surface area contributed by atoms with Crippen LogP contribution in [0.4, 0.5) is 0 Å². The minimum atomic E-state index is -0.578. The number of benzene rings is 10. The van der Waals surface area contributed by atoms with E-state index in [1.54, 1.807) is 0 Å². The summed E-state index contributed by atoms with van der Waals surface area (Å²) in [6, 6.07) is 87.8. The molecule has 1 aliphatic rings. The fourth-order valence-corrected chi connectivity index (χ4v) is 10.1. The lowest BCUT2D eigenvalue weighted by Gasteiger charge is -2.35. The van der Waals surface area contributed by atoms with Gasteiger partial charge in [-0.15, -0.1) is 0 Å². The first-order valence-corrected chi connectivity index (χ1v) is 21.6. The average Bonchev–Trinajstić information content (AvgIpc) is 3.66. The lowest BCUT2D eigenvalue weighted by molar-refractivity contribution is 0.771. The van der Waals surface area contributed by atoms with Crippen molar-refractivity contribution in [1.82, 2.24) is 9.97 Å². The fraction of sp³-hybridized carbons (Fsp3) is 0.0164. The molecule has 0 saturated heterocycles. The van der Waals surface area contributed by atoms with Crippen LogP contribution in [0.2, 0.25) is 0 Å². The summed E-state index contributed by atoms with van der Waals surface area (Å²) in [5.41, 5.74) is 16.7. The second-order valence-corrected chi connectivity index (χ2v) is 16.4. The van der Waals surface area contributed by atoms with Gasteiger partial charge in [-0.25, -0.2) is 9.97 Å². The average molecular weight is 801 g/mol. The fourth-order valence-electron chi connectivity index (χ4n) is 10.1. The summed E-state index contributed by atoms with van der Waals surface area (Å²) < 4.78 is 0. The minimum absolute atomic E-state index is 0.578. The van der Waals surface area contributed by atoms with Gasteiger partial charge in [-0.2, -0.15) is 0 Å². The third kappa shape index (κ3) is 6.02. The molecule has 12 rings (SSSR count). The molecule has 0 atom stereocenters. The molecule has 2 heteroatoms. The molecule has 0 bridgehead atoms. The lowest BCUT2D eigenvalue weighted by atomic mass is 9.66. The summed E-state index contributed by atoms with van der Waals surface area (Å²) in [6.07, 6.45) is 0. The van der Waals surface area contributed by atoms with E-state index in [1.807, 2.05) is 6.07 Å². The Kier molecular flexibility index (Phi) is 8.76. The zero-order valence-corrected chi connectivity index (χ0v) is 34.5. The SMILES string of the molecule is c1ccc(-c2ccc(-c3cc(-c4ccccc4)nc(-c4ccc(-c5cccc6c5C(c5ccccc5)(c5ccccc5)c5cc7ccccc7cc5-6)c5ccccc45)n3)cc2)cc1. The molecule has 0 spiro atoms. The van der Waals surface area contributed by atoms with E-state index >= 15 is 0 Å². The van der Waals surface area contributed by atoms with Crippen molar-refractivity contribution in [1.29, 1.82) is 0 Å². The van der Waals surface area contributed by atoms with Gasteiger partial charge in [0, 0.05) is 16.7 Å². The molecule has 11 aromatic rings. The maximum atomic E-state index is 5.36. The molecule has 0 fully saturated rings. The standard InChI is InChI=1S/C61H40N2/c1-5-18-41(19-6-1)42-32-34-44(35-33-42)58-40-57(43-20-7-2-8-21-43)62-60(63-58)54-37-36-51(49-28-15-16-29-50(49)54)52-30-17-31-53-55-38-45-22-13-14-23-46(45)39-56(55)61(59(52)53,47-24-9-3-10-25-47)48-26-11-4-12-27-48/h1-40H. The van der Waals surface area contributed by atoms with Gasteiger partial charge in [0.15, 0.2) is 5.82 Å². The van der Waals surface area contributed by atoms with Crippen molar-refractivity contribution in [2.45, 2.75) is 5.41 Å². The van der Waals surface area contributed by atoms with Crippen LogP contribution in [-0.2, 0) is 5.41 Å². The van der Waals surface area contributed by atoms with Crippen molar-refractivity contribution in [3.8, 4) is 67.3 Å². The smallest absolute Gasteiger partial charge is 0.161 e. The van der Waals surface area contributed by atoms with Crippen LogP contribution >= 0.6 is 0 Å². The highest BCUT2D eigenvalue weighted by atomic mass is 14.9. The Morgan fingerprint density at radius 1 is 0.286 bits per heavy atom. The molecule has 0 radical (unpaired) electrons. The van der Waals surface area contributed by atoms with E-state index in [9.17, 15) is 0 Å². The van der Waals surface area contributed by atoms with E-state index in [0.29, 0.717) is 5.82 Å². The van der Waals surface area contributed by atoms with Crippen LogP contribution in [0.15, 0.2) is 243 Å². The van der Waals surface area contributed by atoms with Crippen LogP contribution in [-0.4, -0.2) is 9.97 Å². The van der Waals surface area contributed by atoms with E-state index in [0.717, 1.165) is 38.9 Å². The highest BCUT2D eigenvalue weighted by Gasteiger charge is 2.48. The molecule has 63 heavy (non-hydrogen) atoms. The minimum Gasteiger partial charge on any atom is -0.228 e. The predicted octanol–water partition coefficient (Wildman–Crippen LogP) is 15.5. The summed E-state index contributed by atoms with van der Waals surface area (Å²) in [4.78, 5) is 10.7. The van der Waals surface area contributed by atoms with Gasteiger partial charge in [-0.05, 0) is 101 Å². The first kappa shape index (κ1) is 36.6. The van der Waals surface area contributed by atoms with E-state index in [2.05, 4.69) is 237 Å². The Bertz CT molecular complexity index is 3430. The van der Waals surface area contributed by atoms with Crippen molar-refractivity contribution in [2.24, 2.45) is 0 Å². The van der Waals surface area contributed by atoms with Gasteiger partial charge < -0.3 is 0 Å². The lowest BCUT2D eigenvalue weighted by Crippen LogP contribution is -2.29. The van der Waals surface area contributed by atoms with Crippen LogP contribution in [0.25, 0.3) is 88.8 Å². The maximum absolute atomic E-state index is 5.36. The van der Waals surface area contributed by atoms with Crippen LogP contribution < -0.4 is 0 Å². The van der Waals surface area contributed by atoms with Gasteiger partial charge in [0.1, 0.15) is 0 Å². The van der Waals surface area contributed by atoms with Crippen molar-refractivity contribution in [3.63, 3.8) is 0 Å². The summed E-state index contributed by atoms with van der Waals surface area (Å²) >= 11 is 0. The predicted molar refractivity (Wildman–Crippen MR) is 262 cm³/mol. The van der Waals surface area contributed by atoms with E-state index < -0.39 is 5.41 Å². The molecule has 1 heterocycles. The van der Waals surface area contributed by atoms with Crippen molar-refractivity contribution in [2.75, 3.05) is 0 Å². The topological polar surface area (TPSA) is 25.8 Å². The molecule has 0 unspecified atom stereocenters. The normalized spacial score (nSPS) is 12.6. The molecule has 0 aliphatic heterocycles.